The molecule has 0 radical (unpaired) electrons. The fraction of sp³-hybridized carbons (Fsp3) is 0.0667. The molecule has 102 valence electrons. The number of aryl methyl sites for hydroxylation is 1. The highest BCUT2D eigenvalue weighted by atomic mass is 32.1. The number of hydrogen-bond donors (Lipinski definition) is 2. The minimum absolute atomic E-state index is 0.246. The third-order valence-corrected chi connectivity index (χ3v) is 3.61. The van der Waals surface area contributed by atoms with Gasteiger partial charge in [-0.25, -0.2) is 0 Å². The van der Waals surface area contributed by atoms with E-state index >= 15 is 0 Å². The fourth-order valence-electron chi connectivity index (χ4n) is 1.56. The summed E-state index contributed by atoms with van der Waals surface area (Å²) in [6.07, 6.45) is 3.23. The van der Waals surface area contributed by atoms with Crippen LogP contribution < -0.4 is 10.6 Å². The summed E-state index contributed by atoms with van der Waals surface area (Å²) in [6.45, 7) is 1.98. The van der Waals surface area contributed by atoms with Crippen molar-refractivity contribution in [1.29, 1.82) is 0 Å². The molecule has 5 heteroatoms. The first-order chi connectivity index (χ1) is 9.65. The Morgan fingerprint density at radius 2 is 2.05 bits per heavy atom. The SMILES string of the molecule is Cc1ccccc1NC(=S)NC(=O)C=Cc1cccs1. The van der Waals surface area contributed by atoms with Crippen LogP contribution >= 0.6 is 23.6 Å². The number of carbonyl (C=O) groups excluding carboxylic acids is 1. The van der Waals surface area contributed by atoms with Crippen molar-refractivity contribution < 1.29 is 4.79 Å². The summed E-state index contributed by atoms with van der Waals surface area (Å²) in [5, 5.41) is 7.87. The molecular formula is C15H14N2OS2. The van der Waals surface area contributed by atoms with Gasteiger partial charge in [-0.2, -0.15) is 0 Å². The van der Waals surface area contributed by atoms with Crippen molar-refractivity contribution in [1.82, 2.24) is 5.32 Å². The molecule has 0 unspecified atom stereocenters. The van der Waals surface area contributed by atoms with Gasteiger partial charge in [0, 0.05) is 16.6 Å². The fourth-order valence-corrected chi connectivity index (χ4v) is 2.39. The van der Waals surface area contributed by atoms with Crippen LogP contribution in [0.1, 0.15) is 10.4 Å². The van der Waals surface area contributed by atoms with Gasteiger partial charge in [0.1, 0.15) is 0 Å². The molecule has 1 aromatic carbocycles. The molecule has 2 rings (SSSR count). The normalized spacial score (nSPS) is 10.4. The average molecular weight is 302 g/mol. The van der Waals surface area contributed by atoms with Gasteiger partial charge in [-0.3, -0.25) is 10.1 Å². The Hall–Kier alpha value is -1.98. The maximum atomic E-state index is 11.7. The molecule has 0 saturated carbocycles. The largest absolute Gasteiger partial charge is 0.332 e. The van der Waals surface area contributed by atoms with Crippen LogP contribution in [0, 0.1) is 6.92 Å². The molecular weight excluding hydrogens is 288 g/mol. The van der Waals surface area contributed by atoms with Crippen molar-refractivity contribution >= 4 is 46.3 Å². The number of rotatable bonds is 3. The summed E-state index contributed by atoms with van der Waals surface area (Å²) in [5.74, 6) is -0.246. The lowest BCUT2D eigenvalue weighted by Gasteiger charge is -2.10. The molecule has 0 aliphatic heterocycles. The first-order valence-corrected chi connectivity index (χ1v) is 7.33. The van der Waals surface area contributed by atoms with Crippen LogP contribution in [0.15, 0.2) is 47.9 Å². The summed E-state index contributed by atoms with van der Waals surface area (Å²) in [6, 6.07) is 11.6. The molecule has 0 atom stereocenters. The zero-order valence-electron chi connectivity index (χ0n) is 10.9. The zero-order chi connectivity index (χ0) is 14.4. The van der Waals surface area contributed by atoms with Crippen LogP contribution in [0.5, 0.6) is 0 Å². The lowest BCUT2D eigenvalue weighted by atomic mass is 10.2. The summed E-state index contributed by atoms with van der Waals surface area (Å²) >= 11 is 6.68. The Morgan fingerprint density at radius 1 is 1.25 bits per heavy atom. The summed E-state index contributed by atoms with van der Waals surface area (Å²) in [5.41, 5.74) is 1.96. The molecule has 0 saturated heterocycles. The highest BCUT2D eigenvalue weighted by Crippen LogP contribution is 2.13. The highest BCUT2D eigenvalue weighted by molar-refractivity contribution is 7.80. The molecule has 1 aromatic heterocycles. The molecule has 2 N–H and O–H groups in total. The second-order valence-electron chi connectivity index (χ2n) is 4.11. The van der Waals surface area contributed by atoms with Gasteiger partial charge >= 0.3 is 0 Å². The first kappa shape index (κ1) is 14.4. The van der Waals surface area contributed by atoms with E-state index in [2.05, 4.69) is 10.6 Å². The van der Waals surface area contributed by atoms with Gasteiger partial charge in [-0.1, -0.05) is 24.3 Å². The number of amides is 1. The lowest BCUT2D eigenvalue weighted by Crippen LogP contribution is -2.33. The van der Waals surface area contributed by atoms with E-state index < -0.39 is 0 Å². The summed E-state index contributed by atoms with van der Waals surface area (Å²) < 4.78 is 0. The monoisotopic (exact) mass is 302 g/mol. The molecule has 0 spiro atoms. The third kappa shape index (κ3) is 4.29. The van der Waals surface area contributed by atoms with Crippen molar-refractivity contribution in [2.24, 2.45) is 0 Å². The average Bonchev–Trinajstić information content (AvgIpc) is 2.92. The molecule has 3 nitrogen and oxygen atoms in total. The van der Waals surface area contributed by atoms with Crippen molar-refractivity contribution in [3.05, 3.63) is 58.3 Å². The Bertz CT molecular complexity index is 633. The van der Waals surface area contributed by atoms with E-state index in [0.29, 0.717) is 5.11 Å². The Morgan fingerprint density at radius 3 is 2.75 bits per heavy atom. The van der Waals surface area contributed by atoms with Gasteiger partial charge in [0.25, 0.3) is 0 Å². The van der Waals surface area contributed by atoms with Crippen LogP contribution in [0.2, 0.25) is 0 Å². The number of thiocarbonyl (C=S) groups is 1. The molecule has 0 bridgehead atoms. The quantitative estimate of drug-likeness (QED) is 0.672. The van der Waals surface area contributed by atoms with E-state index in [4.69, 9.17) is 12.2 Å². The van der Waals surface area contributed by atoms with Crippen molar-refractivity contribution in [3.63, 3.8) is 0 Å². The first-order valence-electron chi connectivity index (χ1n) is 6.04. The second kappa shape index (κ2) is 6.98. The molecule has 1 amide bonds. The second-order valence-corrected chi connectivity index (χ2v) is 5.49. The molecule has 0 aliphatic carbocycles. The van der Waals surface area contributed by atoms with Crippen LogP contribution in [0.4, 0.5) is 5.69 Å². The van der Waals surface area contributed by atoms with Gasteiger partial charge in [-0.15, -0.1) is 11.3 Å². The number of anilines is 1. The number of carbonyl (C=O) groups is 1. The van der Waals surface area contributed by atoms with E-state index in [1.165, 1.54) is 6.08 Å². The van der Waals surface area contributed by atoms with E-state index in [9.17, 15) is 4.79 Å². The molecule has 0 aliphatic rings. The summed E-state index contributed by atoms with van der Waals surface area (Å²) in [4.78, 5) is 12.7. The Balaban J connectivity index is 1.88. The van der Waals surface area contributed by atoms with Gasteiger partial charge in [-0.05, 0) is 48.3 Å². The number of nitrogens with one attached hydrogen (secondary N) is 2. The predicted molar refractivity (Wildman–Crippen MR) is 88.9 cm³/mol. The molecule has 20 heavy (non-hydrogen) atoms. The zero-order valence-corrected chi connectivity index (χ0v) is 12.6. The van der Waals surface area contributed by atoms with Crippen molar-refractivity contribution in [2.75, 3.05) is 5.32 Å². The Labute approximate surface area is 127 Å². The molecule has 2 aromatic rings. The van der Waals surface area contributed by atoms with E-state index in [1.807, 2.05) is 48.7 Å². The molecule has 1 heterocycles. The predicted octanol–water partition coefficient (Wildman–Crippen LogP) is 3.58. The number of hydrogen-bond acceptors (Lipinski definition) is 3. The maximum Gasteiger partial charge on any atom is 0.250 e. The minimum atomic E-state index is -0.246. The van der Waals surface area contributed by atoms with Crippen LogP contribution in [0.3, 0.4) is 0 Å². The van der Waals surface area contributed by atoms with E-state index in [0.717, 1.165) is 16.1 Å². The van der Waals surface area contributed by atoms with Crippen LogP contribution in [-0.4, -0.2) is 11.0 Å². The Kier molecular flexibility index (Phi) is 5.03. The van der Waals surface area contributed by atoms with Crippen LogP contribution in [0.25, 0.3) is 6.08 Å². The van der Waals surface area contributed by atoms with E-state index in [-0.39, 0.29) is 5.91 Å². The van der Waals surface area contributed by atoms with Crippen LogP contribution in [-0.2, 0) is 4.79 Å². The number of benzene rings is 1. The third-order valence-electron chi connectivity index (χ3n) is 2.57. The standard InChI is InChI=1S/C15H14N2OS2/c1-11-5-2-3-7-13(11)16-15(19)17-14(18)9-8-12-6-4-10-20-12/h2-10H,1H3,(H2,16,17,18,19). The van der Waals surface area contributed by atoms with Crippen molar-refractivity contribution in [3.8, 4) is 0 Å². The maximum absolute atomic E-state index is 11.7. The van der Waals surface area contributed by atoms with E-state index in [1.54, 1.807) is 17.4 Å². The highest BCUT2D eigenvalue weighted by Gasteiger charge is 2.03. The van der Waals surface area contributed by atoms with Crippen molar-refractivity contribution in [2.45, 2.75) is 6.92 Å². The number of thiophene rings is 1. The van der Waals surface area contributed by atoms with Gasteiger partial charge in [0.05, 0.1) is 0 Å². The summed E-state index contributed by atoms with van der Waals surface area (Å²) in [7, 11) is 0. The topological polar surface area (TPSA) is 41.1 Å². The van der Waals surface area contributed by atoms with Gasteiger partial charge < -0.3 is 5.32 Å². The minimum Gasteiger partial charge on any atom is -0.332 e. The smallest absolute Gasteiger partial charge is 0.250 e. The number of para-hydroxylation sites is 1. The lowest BCUT2D eigenvalue weighted by molar-refractivity contribution is -0.115. The molecule has 0 fully saturated rings. The van der Waals surface area contributed by atoms with Gasteiger partial charge in [0.15, 0.2) is 5.11 Å². The van der Waals surface area contributed by atoms with Gasteiger partial charge in [0.2, 0.25) is 5.91 Å².